The first-order chi connectivity index (χ1) is 25.4. The van der Waals surface area contributed by atoms with E-state index in [1.165, 1.54) is 45.8 Å². The van der Waals surface area contributed by atoms with Crippen LogP contribution in [-0.2, 0) is 45.8 Å². The summed E-state index contributed by atoms with van der Waals surface area (Å²) < 4.78 is 164. The largest absolute Gasteiger partial charge is 2.00 e. The van der Waals surface area contributed by atoms with Gasteiger partial charge < -0.3 is 19.1 Å². The zero-order chi connectivity index (χ0) is 38.8. The van der Waals surface area contributed by atoms with E-state index >= 15 is 0 Å². The topological polar surface area (TPSA) is 35.6 Å². The van der Waals surface area contributed by atoms with Crippen molar-refractivity contribution < 1.29 is 73.8 Å². The van der Waals surface area contributed by atoms with Gasteiger partial charge in [0.15, 0.2) is 0 Å². The third-order valence-corrected chi connectivity index (χ3v) is 8.31. The van der Waals surface area contributed by atoms with Crippen molar-refractivity contribution in [3.8, 4) is 11.4 Å². The van der Waals surface area contributed by atoms with Crippen molar-refractivity contribution in [3.05, 3.63) is 144 Å². The van der Waals surface area contributed by atoms with Crippen LogP contribution in [0.15, 0.2) is 109 Å². The van der Waals surface area contributed by atoms with Gasteiger partial charge in [0.05, 0.1) is 0 Å². The molecule has 0 spiro atoms. The van der Waals surface area contributed by atoms with E-state index in [-0.39, 0.29) is 66.0 Å². The van der Waals surface area contributed by atoms with Crippen molar-refractivity contribution in [1.29, 1.82) is 0 Å². The van der Waals surface area contributed by atoms with Crippen molar-refractivity contribution >= 4 is 43.9 Å². The number of benzene rings is 4. The summed E-state index contributed by atoms with van der Waals surface area (Å²) in [6.45, 7) is 0. The standard InChI is InChI=1S/2C19H9F6N2.Pt/c2*20-18(21,22)11-9-13-16-15(7-4-8-26-16)27(12-5-2-1-3-6-12)17(13)14(10-11)19(23,24)25;/h2*1-8,10H;/q2*-1;+2. The molecule has 0 amide bonds. The summed E-state index contributed by atoms with van der Waals surface area (Å²) in [6.07, 6.45) is -17.3. The second kappa shape index (κ2) is 14.0. The predicted molar refractivity (Wildman–Crippen MR) is 175 cm³/mol. The summed E-state index contributed by atoms with van der Waals surface area (Å²) in [4.78, 5) is 8.03. The van der Waals surface area contributed by atoms with Crippen LogP contribution in [0.5, 0.6) is 0 Å². The molecular weight excluding hydrogens is 935 g/mol. The quantitative estimate of drug-likeness (QED) is 0.128. The Hall–Kier alpha value is -5.37. The molecule has 17 heteroatoms. The minimum absolute atomic E-state index is 0. The van der Waals surface area contributed by atoms with Crippen molar-refractivity contribution in [2.24, 2.45) is 0 Å². The molecule has 0 aliphatic rings. The molecule has 55 heavy (non-hydrogen) atoms. The van der Waals surface area contributed by atoms with Gasteiger partial charge in [0.25, 0.3) is 0 Å². The first kappa shape index (κ1) is 39.3. The molecule has 284 valence electrons. The van der Waals surface area contributed by atoms with E-state index in [9.17, 15) is 52.7 Å². The molecule has 8 aromatic rings. The Morgan fingerprint density at radius 2 is 0.782 bits per heavy atom. The van der Waals surface area contributed by atoms with E-state index < -0.39 is 58.0 Å². The molecule has 0 N–H and O–H groups in total. The van der Waals surface area contributed by atoms with Gasteiger partial charge in [-0.1, -0.05) is 47.2 Å². The number of hydrogen-bond acceptors (Lipinski definition) is 2. The average molecular weight is 954 g/mol. The van der Waals surface area contributed by atoms with Crippen LogP contribution in [0.1, 0.15) is 22.3 Å². The average Bonchev–Trinajstić information content (AvgIpc) is 3.63. The van der Waals surface area contributed by atoms with Crippen LogP contribution >= 0.6 is 0 Å². The van der Waals surface area contributed by atoms with Crippen molar-refractivity contribution in [2.45, 2.75) is 24.7 Å². The van der Waals surface area contributed by atoms with E-state index in [0.29, 0.717) is 11.4 Å². The Morgan fingerprint density at radius 3 is 1.09 bits per heavy atom. The summed E-state index contributed by atoms with van der Waals surface area (Å²) in [5.74, 6) is 0. The number of fused-ring (bicyclic) bond motifs is 6. The fourth-order valence-electron chi connectivity index (χ4n) is 6.17. The Bertz CT molecular complexity index is 2470. The molecular formula is C38H18F12N4Pt. The van der Waals surface area contributed by atoms with E-state index in [2.05, 4.69) is 22.1 Å². The summed E-state index contributed by atoms with van der Waals surface area (Å²) in [5.41, 5.74) is -5.23. The van der Waals surface area contributed by atoms with Crippen molar-refractivity contribution in [2.75, 3.05) is 0 Å². The summed E-state index contributed by atoms with van der Waals surface area (Å²) in [6, 6.07) is 26.6. The molecule has 8 rings (SSSR count). The van der Waals surface area contributed by atoms with Gasteiger partial charge in [0.1, 0.15) is 0 Å². The van der Waals surface area contributed by atoms with E-state index in [4.69, 9.17) is 0 Å². The Morgan fingerprint density at radius 1 is 0.436 bits per heavy atom. The maximum absolute atomic E-state index is 13.7. The summed E-state index contributed by atoms with van der Waals surface area (Å²) >= 11 is 0. The zero-order valence-corrected chi connectivity index (χ0v) is 29.3. The SMILES string of the molecule is FC(F)(F)c1[c-]c2c3ncccc3n(-c3ccccc3)c2c(C(F)(F)F)c1.FC(F)(F)c1[c-]c2c3ncccc3n(-c3ccccc3)c2c(C(F)(F)F)c1.[Pt+2]. The molecule has 4 aromatic heterocycles. The van der Waals surface area contributed by atoms with Gasteiger partial charge in [-0.15, -0.1) is 24.3 Å². The van der Waals surface area contributed by atoms with E-state index in [1.54, 1.807) is 60.7 Å². The molecule has 0 aliphatic carbocycles. The number of alkyl halides is 12. The number of pyridine rings is 2. The molecule has 0 atom stereocenters. The molecule has 4 aromatic carbocycles. The molecule has 0 aliphatic heterocycles. The third kappa shape index (κ3) is 7.27. The van der Waals surface area contributed by atoms with Crippen LogP contribution in [0.3, 0.4) is 0 Å². The maximum atomic E-state index is 13.7. The van der Waals surface area contributed by atoms with Gasteiger partial charge in [-0.05, 0) is 81.8 Å². The number of aromatic nitrogens is 4. The summed E-state index contributed by atoms with van der Waals surface area (Å²) in [7, 11) is 0. The Kier molecular flexibility index (Phi) is 10.0. The van der Waals surface area contributed by atoms with Gasteiger partial charge >= 0.3 is 45.8 Å². The first-order valence-electron chi connectivity index (χ1n) is 15.5. The first-order valence-corrected chi connectivity index (χ1v) is 15.5. The number of para-hydroxylation sites is 2. The summed E-state index contributed by atoms with van der Waals surface area (Å²) in [5, 5.41) is -0.645. The normalized spacial score (nSPS) is 12.6. The van der Waals surface area contributed by atoms with E-state index in [1.807, 2.05) is 0 Å². The molecule has 0 unspecified atom stereocenters. The fraction of sp³-hybridized carbons (Fsp3) is 0.105. The monoisotopic (exact) mass is 953 g/mol. The number of halogens is 12. The van der Waals surface area contributed by atoms with Gasteiger partial charge in [-0.2, -0.15) is 52.7 Å². The minimum Gasteiger partial charge on any atom is -0.357 e. The Balaban J connectivity index is 0.000000184. The molecule has 0 saturated heterocycles. The third-order valence-electron chi connectivity index (χ3n) is 8.31. The van der Waals surface area contributed by atoms with Crippen LogP contribution in [0, 0.1) is 12.1 Å². The van der Waals surface area contributed by atoms with Crippen molar-refractivity contribution in [1.82, 2.24) is 19.1 Å². The van der Waals surface area contributed by atoms with Gasteiger partial charge in [0, 0.05) is 45.8 Å². The number of rotatable bonds is 2. The molecule has 4 nitrogen and oxygen atoms in total. The molecule has 0 fully saturated rings. The van der Waals surface area contributed by atoms with Crippen LogP contribution in [0.2, 0.25) is 0 Å². The van der Waals surface area contributed by atoms with E-state index in [0.717, 1.165) is 0 Å². The second-order valence-electron chi connectivity index (χ2n) is 11.7. The van der Waals surface area contributed by atoms with Crippen LogP contribution < -0.4 is 0 Å². The number of nitrogens with zero attached hydrogens (tertiary/aromatic N) is 4. The van der Waals surface area contributed by atoms with Crippen LogP contribution in [0.25, 0.3) is 55.2 Å². The van der Waals surface area contributed by atoms with Gasteiger partial charge in [-0.25, -0.2) is 0 Å². The smallest absolute Gasteiger partial charge is 0.357 e. The van der Waals surface area contributed by atoms with Crippen LogP contribution in [-0.4, -0.2) is 19.1 Å². The Labute approximate surface area is 315 Å². The van der Waals surface area contributed by atoms with Gasteiger partial charge in [0.2, 0.25) is 0 Å². The van der Waals surface area contributed by atoms with Crippen molar-refractivity contribution in [3.63, 3.8) is 0 Å². The fourth-order valence-corrected chi connectivity index (χ4v) is 6.17. The molecule has 0 bridgehead atoms. The number of hydrogen-bond donors (Lipinski definition) is 0. The molecule has 4 heterocycles. The van der Waals surface area contributed by atoms with Crippen LogP contribution in [0.4, 0.5) is 52.7 Å². The molecule has 0 saturated carbocycles. The minimum atomic E-state index is -4.99. The predicted octanol–water partition coefficient (Wildman–Crippen LogP) is 12.0. The maximum Gasteiger partial charge on any atom is 2.00 e. The second-order valence-corrected chi connectivity index (χ2v) is 11.7. The van der Waals surface area contributed by atoms with Gasteiger partial charge in [-0.3, -0.25) is 0 Å². The molecule has 0 radical (unpaired) electrons. The zero-order valence-electron chi connectivity index (χ0n) is 27.0.